The summed E-state index contributed by atoms with van der Waals surface area (Å²) in [5.74, 6) is -3.65. The first-order chi connectivity index (χ1) is 26.1. The monoisotopic (exact) mass is 788 g/mol. The van der Waals surface area contributed by atoms with E-state index in [2.05, 4.69) is 0 Å². The van der Waals surface area contributed by atoms with Crippen LogP contribution in [-0.4, -0.2) is 183 Å². The summed E-state index contributed by atoms with van der Waals surface area (Å²) in [5, 5.41) is 143. The summed E-state index contributed by atoms with van der Waals surface area (Å²) in [5.41, 5.74) is -1.80. The highest BCUT2D eigenvalue weighted by atomic mass is 16.7. The third kappa shape index (κ3) is 7.63. The zero-order valence-corrected chi connectivity index (χ0v) is 28.2. The van der Waals surface area contributed by atoms with Gasteiger partial charge in [-0.15, -0.1) is 0 Å². The Bertz CT molecular complexity index is 1870. The third-order valence-electron chi connectivity index (χ3n) is 9.40. The molecule has 1 aromatic heterocycles. The van der Waals surface area contributed by atoms with E-state index in [0.29, 0.717) is 0 Å². The zero-order chi connectivity index (χ0) is 40.0. The van der Waals surface area contributed by atoms with Crippen molar-refractivity contribution in [3.63, 3.8) is 0 Å². The molecule has 3 aliphatic rings. The second kappa shape index (κ2) is 16.3. The van der Waals surface area contributed by atoms with Gasteiger partial charge in [0.2, 0.25) is 30.0 Å². The summed E-state index contributed by atoms with van der Waals surface area (Å²) >= 11 is 0. The minimum Gasteiger partial charge on any atom is -0.507 e. The van der Waals surface area contributed by atoms with Gasteiger partial charge in [0.05, 0.1) is 19.8 Å². The first-order valence-corrected chi connectivity index (χ1v) is 16.7. The highest BCUT2D eigenvalue weighted by Crippen LogP contribution is 2.41. The van der Waals surface area contributed by atoms with E-state index in [1.807, 2.05) is 0 Å². The van der Waals surface area contributed by atoms with Crippen LogP contribution < -0.4 is 19.6 Å². The maximum atomic E-state index is 14.1. The van der Waals surface area contributed by atoms with E-state index < -0.39 is 157 Å². The lowest BCUT2D eigenvalue weighted by atomic mass is 9.99. The van der Waals surface area contributed by atoms with Crippen LogP contribution in [0.4, 0.5) is 0 Å². The van der Waals surface area contributed by atoms with Gasteiger partial charge in [0, 0.05) is 17.7 Å². The summed E-state index contributed by atoms with van der Waals surface area (Å²) in [6, 6.07) is 5.12. The summed E-state index contributed by atoms with van der Waals surface area (Å²) in [6.45, 7) is -2.44. The molecule has 3 fully saturated rings. The van der Waals surface area contributed by atoms with E-state index in [9.17, 15) is 76.3 Å². The minimum absolute atomic E-state index is 0.185. The number of aliphatic hydroxyl groups excluding tert-OH is 12. The Labute approximate surface area is 307 Å². The molecule has 304 valence electrons. The van der Waals surface area contributed by atoms with Crippen molar-refractivity contribution in [1.29, 1.82) is 0 Å². The van der Waals surface area contributed by atoms with Crippen molar-refractivity contribution < 1.29 is 104 Å². The normalized spacial score (nSPS) is 36.8. The molecule has 0 aliphatic carbocycles. The van der Waals surface area contributed by atoms with Crippen molar-refractivity contribution in [2.45, 2.75) is 92.1 Å². The van der Waals surface area contributed by atoms with Gasteiger partial charge >= 0.3 is 0 Å². The van der Waals surface area contributed by atoms with Crippen molar-refractivity contribution in [3.8, 4) is 40.1 Å². The van der Waals surface area contributed by atoms with Crippen LogP contribution in [0.25, 0.3) is 22.3 Å². The predicted molar refractivity (Wildman–Crippen MR) is 174 cm³/mol. The molecule has 2 aromatic carbocycles. The molecule has 3 saturated heterocycles. The van der Waals surface area contributed by atoms with Gasteiger partial charge in [0.15, 0.2) is 17.3 Å². The molecule has 0 spiro atoms. The van der Waals surface area contributed by atoms with Gasteiger partial charge in [-0.05, 0) is 18.2 Å². The van der Waals surface area contributed by atoms with E-state index in [1.54, 1.807) is 0 Å². The number of aromatic hydroxyl groups is 2. The fraction of sp³-hybridized carbons (Fsp3) is 0.545. The molecule has 3 unspecified atom stereocenters. The van der Waals surface area contributed by atoms with Crippen molar-refractivity contribution in [2.75, 3.05) is 19.8 Å². The highest BCUT2D eigenvalue weighted by Gasteiger charge is 2.47. The molecule has 3 aliphatic heterocycles. The number of fused-ring (bicyclic) bond motifs is 1. The van der Waals surface area contributed by atoms with E-state index in [-0.39, 0.29) is 11.3 Å². The highest BCUT2D eigenvalue weighted by molar-refractivity contribution is 5.88. The van der Waals surface area contributed by atoms with Crippen molar-refractivity contribution in [2.24, 2.45) is 0 Å². The van der Waals surface area contributed by atoms with Gasteiger partial charge in [-0.2, -0.15) is 0 Å². The molecule has 0 amide bonds. The Hall–Kier alpha value is -3.95. The van der Waals surface area contributed by atoms with Gasteiger partial charge in [0.25, 0.3) is 0 Å². The smallest absolute Gasteiger partial charge is 0.239 e. The molecule has 0 bridgehead atoms. The van der Waals surface area contributed by atoms with Gasteiger partial charge in [0.1, 0.15) is 95.7 Å². The summed E-state index contributed by atoms with van der Waals surface area (Å²) in [4.78, 5) is 14.1. The Morgan fingerprint density at radius 1 is 0.545 bits per heavy atom. The first-order valence-electron chi connectivity index (χ1n) is 16.7. The zero-order valence-electron chi connectivity index (χ0n) is 28.2. The van der Waals surface area contributed by atoms with E-state index in [1.165, 1.54) is 0 Å². The fourth-order valence-corrected chi connectivity index (χ4v) is 6.24. The van der Waals surface area contributed by atoms with E-state index >= 15 is 0 Å². The van der Waals surface area contributed by atoms with Gasteiger partial charge in [-0.25, -0.2) is 0 Å². The van der Waals surface area contributed by atoms with Gasteiger partial charge < -0.3 is 104 Å². The van der Waals surface area contributed by atoms with E-state index in [0.717, 1.165) is 30.3 Å². The van der Waals surface area contributed by atoms with Crippen LogP contribution in [0.3, 0.4) is 0 Å². The summed E-state index contributed by atoms with van der Waals surface area (Å²) in [7, 11) is 0. The number of aliphatic hydroxyl groups is 12. The Morgan fingerprint density at radius 3 is 1.51 bits per heavy atom. The molecule has 14 N–H and O–H groups in total. The molecule has 22 nitrogen and oxygen atoms in total. The number of hydrogen-bond donors (Lipinski definition) is 14. The quantitative estimate of drug-likeness (QED) is 0.0910. The maximum absolute atomic E-state index is 14.1. The van der Waals surface area contributed by atoms with Gasteiger partial charge in [-0.3, -0.25) is 4.79 Å². The molecular formula is C33H40O22. The summed E-state index contributed by atoms with van der Waals surface area (Å²) in [6.07, 6.45) is -26.4. The molecular weight excluding hydrogens is 748 g/mol. The van der Waals surface area contributed by atoms with Crippen LogP contribution in [0.15, 0.2) is 39.5 Å². The van der Waals surface area contributed by atoms with Crippen LogP contribution >= 0.6 is 0 Å². The van der Waals surface area contributed by atoms with Crippen molar-refractivity contribution in [1.82, 2.24) is 0 Å². The van der Waals surface area contributed by atoms with Crippen LogP contribution in [0.5, 0.6) is 28.7 Å². The average Bonchev–Trinajstić information content (AvgIpc) is 3.16. The second-order valence-electron chi connectivity index (χ2n) is 13.0. The Kier molecular flexibility index (Phi) is 12.0. The largest absolute Gasteiger partial charge is 0.507 e. The lowest BCUT2D eigenvalue weighted by Gasteiger charge is -2.39. The number of rotatable bonds is 10. The van der Waals surface area contributed by atoms with E-state index in [4.69, 9.17) is 32.8 Å². The van der Waals surface area contributed by atoms with Gasteiger partial charge in [-0.1, -0.05) is 0 Å². The van der Waals surface area contributed by atoms with Crippen LogP contribution in [0.1, 0.15) is 0 Å². The molecule has 22 heteroatoms. The number of phenols is 2. The van der Waals surface area contributed by atoms with Crippen LogP contribution in [-0.2, 0) is 14.2 Å². The average molecular weight is 789 g/mol. The molecule has 0 radical (unpaired) electrons. The topological polar surface area (TPSA) is 369 Å². The third-order valence-corrected chi connectivity index (χ3v) is 9.40. The molecule has 55 heavy (non-hydrogen) atoms. The number of ether oxygens (including phenoxy) is 6. The molecule has 4 heterocycles. The molecule has 3 aromatic rings. The Balaban J connectivity index is 1.44. The number of hydrogen-bond acceptors (Lipinski definition) is 22. The SMILES string of the molecule is O=c1c(OC2O[C@H](CO)[C@@H](O)[C@H](O)[C@H]2O)c(-c2ccc(O)c(OC3O[C@H](CO)[C@@H](O)[C@H](O)[C@H]3O)c2)oc2cc(OC3O[C@H](CO)[C@@H](O)[C@H](O)[C@H]3O)cc(O)c12. The number of phenolic OH excluding ortho intramolecular Hbond substituents is 2. The first kappa shape index (κ1) is 40.7. The van der Waals surface area contributed by atoms with Crippen molar-refractivity contribution >= 4 is 11.0 Å². The molecule has 6 rings (SSSR count). The maximum Gasteiger partial charge on any atom is 0.239 e. The number of benzene rings is 2. The van der Waals surface area contributed by atoms with Crippen molar-refractivity contribution in [3.05, 3.63) is 40.6 Å². The standard InChI is InChI=1S/C33H40O22/c34-6-15-19(39)23(43)26(46)31(52-15)49-10-4-12(38)18-14(5-10)50-29(30(22(18)42)55-33-28(48)25(45)21(41)17(8-36)54-33)9-1-2-11(37)13(3-9)51-32-27(47)24(44)20(40)16(7-35)53-32/h1-5,15-17,19-21,23-28,31-41,43-48H,6-8H2/t15-,16-,17-,19-,20-,21-,23+,24+,25+,26-,27-,28-,31?,32?,33?/m1/s1. The predicted octanol–water partition coefficient (Wildman–Crippen LogP) is -5.59. The summed E-state index contributed by atoms with van der Waals surface area (Å²) < 4.78 is 39.0. The molecule has 0 saturated carbocycles. The molecule has 15 atom stereocenters. The minimum atomic E-state index is -2.03. The lowest BCUT2D eigenvalue weighted by Crippen LogP contribution is -2.60. The second-order valence-corrected chi connectivity index (χ2v) is 13.0. The Morgan fingerprint density at radius 2 is 1.02 bits per heavy atom. The van der Waals surface area contributed by atoms with Crippen LogP contribution in [0, 0.1) is 0 Å². The lowest BCUT2D eigenvalue weighted by molar-refractivity contribution is -0.277. The van der Waals surface area contributed by atoms with Crippen LogP contribution in [0.2, 0.25) is 0 Å². The fourth-order valence-electron chi connectivity index (χ4n) is 6.24.